The van der Waals surface area contributed by atoms with Crippen LogP contribution in [0.25, 0.3) is 0 Å². The monoisotopic (exact) mass is 417 g/mol. The van der Waals surface area contributed by atoms with E-state index < -0.39 is 7.26 Å². The molecule has 3 heteroatoms. The molecular weight excluding hydrogens is 387 g/mol. The Hall–Kier alpha value is -2.67. The molecule has 0 aliphatic rings. The molecule has 0 saturated carbocycles. The molecule has 3 aromatic carbocycles. The van der Waals surface area contributed by atoms with Crippen LogP contribution in [0.2, 0.25) is 0 Å². The first-order valence-corrected chi connectivity index (χ1v) is 12.1. The minimum atomic E-state index is -1.96. The van der Waals surface area contributed by atoms with Crippen molar-refractivity contribution in [1.82, 2.24) is 0 Å². The van der Waals surface area contributed by atoms with E-state index >= 15 is 0 Å². The van der Waals surface area contributed by atoms with E-state index in [1.165, 1.54) is 15.9 Å². The SMILES string of the molecule is C=C(C)CO/C=C(\C)COC[P+](c1ccccc1)(c1ccccc1)c1ccccc1. The molecule has 0 heterocycles. The first-order valence-electron chi connectivity index (χ1n) is 10.2. The molecule has 0 N–H and O–H groups in total. The molecule has 0 aliphatic heterocycles. The van der Waals surface area contributed by atoms with Gasteiger partial charge in [0.15, 0.2) is 6.35 Å². The maximum Gasteiger partial charge on any atom is 0.171 e. The van der Waals surface area contributed by atoms with E-state index in [1.807, 2.05) is 13.8 Å². The minimum absolute atomic E-state index is 0.532. The summed E-state index contributed by atoms with van der Waals surface area (Å²) >= 11 is 0. The molecule has 0 radical (unpaired) electrons. The van der Waals surface area contributed by atoms with Crippen LogP contribution >= 0.6 is 7.26 Å². The van der Waals surface area contributed by atoms with Crippen LogP contribution in [0, 0.1) is 0 Å². The highest BCUT2D eigenvalue weighted by molar-refractivity contribution is 7.95. The quantitative estimate of drug-likeness (QED) is 0.248. The van der Waals surface area contributed by atoms with E-state index in [2.05, 4.69) is 97.6 Å². The summed E-state index contributed by atoms with van der Waals surface area (Å²) in [6, 6.07) is 32.3. The molecule has 2 nitrogen and oxygen atoms in total. The Labute approximate surface area is 181 Å². The summed E-state index contributed by atoms with van der Waals surface area (Å²) in [6.07, 6.45) is 2.42. The molecule has 0 fully saturated rings. The molecule has 0 aliphatic carbocycles. The van der Waals surface area contributed by atoms with Crippen LogP contribution in [0.5, 0.6) is 0 Å². The van der Waals surface area contributed by atoms with E-state index in [0.29, 0.717) is 19.6 Å². The predicted molar refractivity (Wildman–Crippen MR) is 130 cm³/mol. The Kier molecular flexibility index (Phi) is 8.02. The van der Waals surface area contributed by atoms with Crippen LogP contribution < -0.4 is 15.9 Å². The van der Waals surface area contributed by atoms with Crippen molar-refractivity contribution >= 4 is 23.2 Å². The summed E-state index contributed by atoms with van der Waals surface area (Å²) in [5, 5.41) is 3.97. The van der Waals surface area contributed by atoms with Crippen molar-refractivity contribution in [2.45, 2.75) is 13.8 Å². The van der Waals surface area contributed by atoms with Crippen LogP contribution in [-0.4, -0.2) is 19.6 Å². The lowest BCUT2D eigenvalue weighted by atomic mass is 10.3. The van der Waals surface area contributed by atoms with Crippen LogP contribution in [0.1, 0.15) is 13.8 Å². The van der Waals surface area contributed by atoms with E-state index in [9.17, 15) is 0 Å². The van der Waals surface area contributed by atoms with Gasteiger partial charge < -0.3 is 9.47 Å². The van der Waals surface area contributed by atoms with E-state index in [4.69, 9.17) is 9.47 Å². The summed E-state index contributed by atoms with van der Waals surface area (Å²) in [6.45, 7) is 8.92. The first kappa shape index (κ1) is 22.0. The molecule has 3 rings (SSSR count). The number of rotatable bonds is 10. The second kappa shape index (κ2) is 10.9. The van der Waals surface area contributed by atoms with Gasteiger partial charge in [0.05, 0.1) is 12.9 Å². The van der Waals surface area contributed by atoms with Gasteiger partial charge in [-0.15, -0.1) is 0 Å². The van der Waals surface area contributed by atoms with Crippen molar-refractivity contribution in [3.63, 3.8) is 0 Å². The molecular formula is C27H30O2P+. The third-order valence-electron chi connectivity index (χ3n) is 4.82. The van der Waals surface area contributed by atoms with Crippen molar-refractivity contribution in [1.29, 1.82) is 0 Å². The number of ether oxygens (including phenoxy) is 2. The molecule has 0 aromatic heterocycles. The summed E-state index contributed by atoms with van der Waals surface area (Å²) in [5.74, 6) is 0. The number of hydrogen-bond acceptors (Lipinski definition) is 2. The predicted octanol–water partition coefficient (Wildman–Crippen LogP) is 5.45. The summed E-state index contributed by atoms with van der Waals surface area (Å²) in [7, 11) is -1.96. The average Bonchev–Trinajstić information content (AvgIpc) is 2.78. The minimum Gasteiger partial charge on any atom is -0.497 e. The normalized spacial score (nSPS) is 11.9. The van der Waals surface area contributed by atoms with Crippen molar-refractivity contribution in [3.8, 4) is 0 Å². The zero-order valence-corrected chi connectivity index (χ0v) is 18.7. The second-order valence-corrected chi connectivity index (χ2v) is 11.0. The Morgan fingerprint density at radius 1 is 0.733 bits per heavy atom. The lowest BCUT2D eigenvalue weighted by Crippen LogP contribution is -2.34. The lowest BCUT2D eigenvalue weighted by molar-refractivity contribution is 0.198. The number of hydrogen-bond donors (Lipinski definition) is 0. The molecule has 30 heavy (non-hydrogen) atoms. The van der Waals surface area contributed by atoms with E-state index in [-0.39, 0.29) is 0 Å². The van der Waals surface area contributed by atoms with Gasteiger partial charge >= 0.3 is 0 Å². The fourth-order valence-corrected chi connectivity index (χ4v) is 7.17. The van der Waals surface area contributed by atoms with E-state index in [0.717, 1.165) is 11.1 Å². The maximum atomic E-state index is 6.36. The summed E-state index contributed by atoms with van der Waals surface area (Å²) in [5.41, 5.74) is 2.06. The maximum absolute atomic E-state index is 6.36. The van der Waals surface area contributed by atoms with Crippen molar-refractivity contribution < 1.29 is 9.47 Å². The average molecular weight is 418 g/mol. The Bertz CT molecular complexity index is 853. The standard InChI is InChI=1S/C27H30O2P/c1-23(2)19-28-20-24(3)21-29-22-30(25-13-7-4-8-14-25,26-15-9-5-10-16-26)27-17-11-6-12-18-27/h4-18,20H,1,19,21-22H2,2-3H3/q+1/b24-20+. The third-order valence-corrected chi connectivity index (χ3v) is 8.93. The summed E-state index contributed by atoms with van der Waals surface area (Å²) in [4.78, 5) is 0. The molecule has 0 unspecified atom stereocenters. The van der Waals surface area contributed by atoms with Gasteiger partial charge in [-0.1, -0.05) is 61.2 Å². The topological polar surface area (TPSA) is 18.5 Å². The molecule has 3 aromatic rings. The van der Waals surface area contributed by atoms with Gasteiger partial charge in [0.1, 0.15) is 29.8 Å². The first-order chi connectivity index (χ1) is 14.6. The zero-order valence-electron chi connectivity index (χ0n) is 17.8. The van der Waals surface area contributed by atoms with Gasteiger partial charge in [0.25, 0.3) is 0 Å². The van der Waals surface area contributed by atoms with Crippen molar-refractivity contribution in [2.24, 2.45) is 0 Å². The van der Waals surface area contributed by atoms with Crippen LogP contribution in [0.15, 0.2) is 115 Å². The second-order valence-electron chi connectivity index (χ2n) is 7.53. The van der Waals surface area contributed by atoms with Crippen LogP contribution in [0.3, 0.4) is 0 Å². The fourth-order valence-electron chi connectivity index (χ4n) is 3.42. The lowest BCUT2D eigenvalue weighted by Gasteiger charge is -2.27. The van der Waals surface area contributed by atoms with E-state index in [1.54, 1.807) is 6.26 Å². The van der Waals surface area contributed by atoms with Crippen LogP contribution in [-0.2, 0) is 9.47 Å². The van der Waals surface area contributed by atoms with Crippen molar-refractivity contribution in [2.75, 3.05) is 19.6 Å². The van der Waals surface area contributed by atoms with Gasteiger partial charge in [-0.3, -0.25) is 0 Å². The number of benzene rings is 3. The van der Waals surface area contributed by atoms with Crippen molar-refractivity contribution in [3.05, 3.63) is 115 Å². The fraction of sp³-hybridized carbons (Fsp3) is 0.185. The third kappa shape index (κ3) is 5.48. The highest BCUT2D eigenvalue weighted by Crippen LogP contribution is 2.55. The highest BCUT2D eigenvalue weighted by atomic mass is 31.2. The Morgan fingerprint density at radius 2 is 1.17 bits per heavy atom. The molecule has 0 spiro atoms. The zero-order chi connectivity index (χ0) is 21.2. The largest absolute Gasteiger partial charge is 0.497 e. The molecule has 0 saturated heterocycles. The smallest absolute Gasteiger partial charge is 0.171 e. The molecule has 154 valence electrons. The highest BCUT2D eigenvalue weighted by Gasteiger charge is 2.45. The van der Waals surface area contributed by atoms with Gasteiger partial charge in [-0.25, -0.2) is 0 Å². The van der Waals surface area contributed by atoms with Gasteiger partial charge in [-0.05, 0) is 61.4 Å². The molecule has 0 atom stereocenters. The Balaban J connectivity index is 1.94. The van der Waals surface area contributed by atoms with Gasteiger partial charge in [0.2, 0.25) is 0 Å². The van der Waals surface area contributed by atoms with Gasteiger partial charge in [0, 0.05) is 0 Å². The Morgan fingerprint density at radius 3 is 1.57 bits per heavy atom. The van der Waals surface area contributed by atoms with Crippen LogP contribution in [0.4, 0.5) is 0 Å². The molecule has 0 bridgehead atoms. The van der Waals surface area contributed by atoms with Gasteiger partial charge in [-0.2, -0.15) is 0 Å². The summed E-state index contributed by atoms with van der Waals surface area (Å²) < 4.78 is 11.9. The molecule has 0 amide bonds.